The molecule has 0 aromatic carbocycles. The molecule has 4 heterocycles. The molecule has 0 spiro atoms. The van der Waals surface area contributed by atoms with Crippen molar-refractivity contribution >= 4 is 5.69 Å². The average molecular weight is 340 g/mol. The minimum Gasteiger partial charge on any atom is -0.378 e. The fraction of sp³-hybridized carbons (Fsp3) is 0.474. The Kier molecular flexibility index (Phi) is 4.65. The second-order valence-corrected chi connectivity index (χ2v) is 6.71. The molecule has 4 rings (SSSR count). The molecule has 132 valence electrons. The molecule has 6 heteroatoms. The first-order chi connectivity index (χ1) is 12.2. The molecule has 1 saturated heterocycles. The summed E-state index contributed by atoms with van der Waals surface area (Å²) in [6.07, 6.45) is 3.95. The van der Waals surface area contributed by atoms with Crippen molar-refractivity contribution in [3.63, 3.8) is 0 Å². The van der Waals surface area contributed by atoms with Crippen molar-refractivity contribution in [1.82, 2.24) is 14.9 Å². The molecule has 2 aromatic heterocycles. The lowest BCUT2D eigenvalue weighted by atomic mass is 10.1. The summed E-state index contributed by atoms with van der Waals surface area (Å²) in [5.74, 6) is 0. The number of ether oxygens (including phenoxy) is 1. The van der Waals surface area contributed by atoms with Crippen molar-refractivity contribution in [3.05, 3.63) is 53.1 Å². The predicted molar refractivity (Wildman–Crippen MR) is 95.3 cm³/mol. The lowest BCUT2D eigenvalue weighted by Gasteiger charge is -2.31. The fourth-order valence-electron chi connectivity index (χ4n) is 3.56. The minimum atomic E-state index is -0.605. The van der Waals surface area contributed by atoms with Gasteiger partial charge < -0.3 is 14.7 Å². The maximum Gasteiger partial charge on any atom is 0.137 e. The van der Waals surface area contributed by atoms with Crippen molar-refractivity contribution in [2.24, 2.45) is 0 Å². The first kappa shape index (κ1) is 16.4. The first-order valence-electron chi connectivity index (χ1n) is 8.86. The number of anilines is 1. The van der Waals surface area contributed by atoms with E-state index in [1.54, 1.807) is 0 Å². The van der Waals surface area contributed by atoms with E-state index in [1.807, 2.05) is 25.4 Å². The minimum absolute atomic E-state index is 0.605. The van der Waals surface area contributed by atoms with E-state index in [-0.39, 0.29) is 0 Å². The molecule has 2 aromatic rings. The molecule has 0 amide bonds. The van der Waals surface area contributed by atoms with E-state index >= 15 is 0 Å². The molecule has 0 bridgehead atoms. The van der Waals surface area contributed by atoms with Gasteiger partial charge in [0.1, 0.15) is 6.23 Å². The second-order valence-electron chi connectivity index (χ2n) is 6.71. The highest BCUT2D eigenvalue weighted by Gasteiger charge is 2.33. The van der Waals surface area contributed by atoms with Gasteiger partial charge in [-0.3, -0.25) is 14.9 Å². The van der Waals surface area contributed by atoms with Crippen molar-refractivity contribution in [1.29, 1.82) is 0 Å². The SMILES string of the molecule is Cc1ccc(CCN2Cc3nccc(N4CCOCC4)c3C2O)nc1. The molecule has 1 atom stereocenters. The number of aryl methyl sites for hydroxylation is 1. The van der Waals surface area contributed by atoms with E-state index in [0.717, 1.165) is 67.5 Å². The summed E-state index contributed by atoms with van der Waals surface area (Å²) in [5.41, 5.74) is 5.25. The van der Waals surface area contributed by atoms with Crippen molar-refractivity contribution in [2.45, 2.75) is 26.1 Å². The summed E-state index contributed by atoms with van der Waals surface area (Å²) in [6, 6.07) is 6.15. The molecule has 1 N–H and O–H groups in total. The number of fused-ring (bicyclic) bond motifs is 1. The topological polar surface area (TPSA) is 61.7 Å². The molecule has 25 heavy (non-hydrogen) atoms. The molecule has 0 aliphatic carbocycles. The van der Waals surface area contributed by atoms with Gasteiger partial charge in [-0.2, -0.15) is 0 Å². The number of hydrogen-bond acceptors (Lipinski definition) is 6. The Morgan fingerprint density at radius 2 is 2.04 bits per heavy atom. The maximum atomic E-state index is 10.9. The quantitative estimate of drug-likeness (QED) is 0.914. The third-order valence-electron chi connectivity index (χ3n) is 4.99. The lowest BCUT2D eigenvalue weighted by Crippen LogP contribution is -2.37. The van der Waals surface area contributed by atoms with Gasteiger partial charge in [0.2, 0.25) is 0 Å². The average Bonchev–Trinajstić information content (AvgIpc) is 2.98. The van der Waals surface area contributed by atoms with E-state index in [0.29, 0.717) is 6.54 Å². The number of aromatic nitrogens is 2. The highest BCUT2D eigenvalue weighted by atomic mass is 16.5. The summed E-state index contributed by atoms with van der Waals surface area (Å²) in [6.45, 7) is 6.66. The summed E-state index contributed by atoms with van der Waals surface area (Å²) < 4.78 is 5.45. The summed E-state index contributed by atoms with van der Waals surface area (Å²) >= 11 is 0. The van der Waals surface area contributed by atoms with E-state index in [1.165, 1.54) is 0 Å². The number of aliphatic hydroxyl groups is 1. The van der Waals surface area contributed by atoms with E-state index in [9.17, 15) is 5.11 Å². The van der Waals surface area contributed by atoms with Crippen LogP contribution in [0.5, 0.6) is 0 Å². The van der Waals surface area contributed by atoms with E-state index in [4.69, 9.17) is 4.74 Å². The van der Waals surface area contributed by atoms with Crippen LogP contribution >= 0.6 is 0 Å². The van der Waals surface area contributed by atoms with Gasteiger partial charge in [-0.15, -0.1) is 0 Å². The van der Waals surface area contributed by atoms with Crippen LogP contribution in [-0.2, 0) is 17.7 Å². The normalized spacial score (nSPS) is 20.7. The monoisotopic (exact) mass is 340 g/mol. The van der Waals surface area contributed by atoms with Crippen molar-refractivity contribution in [3.8, 4) is 0 Å². The number of hydrogen-bond donors (Lipinski definition) is 1. The zero-order chi connectivity index (χ0) is 17.2. The molecule has 2 aliphatic heterocycles. The molecule has 6 nitrogen and oxygen atoms in total. The smallest absolute Gasteiger partial charge is 0.137 e. The summed E-state index contributed by atoms with van der Waals surface area (Å²) in [4.78, 5) is 13.3. The van der Waals surface area contributed by atoms with Crippen LogP contribution in [0.15, 0.2) is 30.6 Å². The Balaban J connectivity index is 1.49. The number of nitrogens with zero attached hydrogens (tertiary/aromatic N) is 4. The predicted octanol–water partition coefficient (Wildman–Crippen LogP) is 1.67. The Morgan fingerprint density at radius 1 is 1.20 bits per heavy atom. The third-order valence-corrected chi connectivity index (χ3v) is 4.99. The molecule has 0 radical (unpaired) electrons. The van der Waals surface area contributed by atoms with Crippen LogP contribution in [0.1, 0.15) is 28.7 Å². The zero-order valence-electron chi connectivity index (χ0n) is 14.6. The van der Waals surface area contributed by atoms with Crippen LogP contribution in [0.25, 0.3) is 0 Å². The summed E-state index contributed by atoms with van der Waals surface area (Å²) in [5, 5.41) is 10.9. The first-order valence-corrected chi connectivity index (χ1v) is 8.86. The van der Waals surface area contributed by atoms with Gasteiger partial charge in [0.05, 0.1) is 18.9 Å². The van der Waals surface area contributed by atoms with E-state index in [2.05, 4.69) is 31.9 Å². The van der Waals surface area contributed by atoms with Crippen molar-refractivity contribution < 1.29 is 9.84 Å². The standard InChI is InChI=1S/C19H24N4O2/c1-14-2-3-15(21-12-14)5-7-23-13-16-18(19(23)24)17(4-6-20-16)22-8-10-25-11-9-22/h2-4,6,12,19,24H,5,7-11,13H2,1H3. The van der Waals surface area contributed by atoms with Crippen LogP contribution in [0.4, 0.5) is 5.69 Å². The molecule has 1 unspecified atom stereocenters. The van der Waals surface area contributed by atoms with Gasteiger partial charge in [0.25, 0.3) is 0 Å². The lowest BCUT2D eigenvalue weighted by molar-refractivity contribution is 0.0144. The third kappa shape index (κ3) is 3.38. The van der Waals surface area contributed by atoms with Crippen LogP contribution in [-0.4, -0.2) is 52.8 Å². The van der Waals surface area contributed by atoms with Crippen LogP contribution in [0.2, 0.25) is 0 Å². The molecular weight excluding hydrogens is 316 g/mol. The maximum absolute atomic E-state index is 10.9. The largest absolute Gasteiger partial charge is 0.378 e. The van der Waals surface area contributed by atoms with Gasteiger partial charge in [-0.25, -0.2) is 0 Å². The summed E-state index contributed by atoms with van der Waals surface area (Å²) in [7, 11) is 0. The highest BCUT2D eigenvalue weighted by Crippen LogP contribution is 2.37. The Labute approximate surface area is 148 Å². The molecule has 2 aliphatic rings. The van der Waals surface area contributed by atoms with Crippen LogP contribution in [0.3, 0.4) is 0 Å². The number of morpholine rings is 1. The van der Waals surface area contributed by atoms with Gasteiger partial charge in [0, 0.05) is 61.9 Å². The fourth-order valence-corrected chi connectivity index (χ4v) is 3.56. The second kappa shape index (κ2) is 7.07. The van der Waals surface area contributed by atoms with Gasteiger partial charge in [-0.1, -0.05) is 6.07 Å². The Hall–Kier alpha value is -2.02. The Bertz CT molecular complexity index is 729. The van der Waals surface area contributed by atoms with Gasteiger partial charge in [-0.05, 0) is 24.6 Å². The van der Waals surface area contributed by atoms with Gasteiger partial charge >= 0.3 is 0 Å². The number of rotatable bonds is 4. The van der Waals surface area contributed by atoms with Crippen molar-refractivity contribution in [2.75, 3.05) is 37.7 Å². The van der Waals surface area contributed by atoms with Gasteiger partial charge in [0.15, 0.2) is 0 Å². The van der Waals surface area contributed by atoms with E-state index < -0.39 is 6.23 Å². The van der Waals surface area contributed by atoms with Crippen LogP contribution in [0, 0.1) is 6.92 Å². The molecular formula is C19H24N4O2. The number of pyridine rings is 2. The Morgan fingerprint density at radius 3 is 2.80 bits per heavy atom. The van der Waals surface area contributed by atoms with Crippen LogP contribution < -0.4 is 4.90 Å². The highest BCUT2D eigenvalue weighted by molar-refractivity contribution is 5.57. The molecule has 0 saturated carbocycles. The zero-order valence-corrected chi connectivity index (χ0v) is 14.6. The number of aliphatic hydroxyl groups excluding tert-OH is 1. The molecule has 1 fully saturated rings.